The van der Waals surface area contributed by atoms with Crippen LogP contribution in [0.5, 0.6) is 5.75 Å². The summed E-state index contributed by atoms with van der Waals surface area (Å²) in [5, 5.41) is 0.0222. The Labute approximate surface area is 109 Å². The Morgan fingerprint density at radius 2 is 1.89 bits per heavy atom. The molecule has 3 atom stereocenters. The third-order valence-electron chi connectivity index (χ3n) is 3.50. The molecule has 18 heavy (non-hydrogen) atoms. The number of hydrogen-bond acceptors (Lipinski definition) is 1. The smallest absolute Gasteiger partial charge is 0.405 e. The molecular weight excluding hydrogens is 265 g/mol. The third kappa shape index (κ3) is 2.91. The van der Waals surface area contributed by atoms with Gasteiger partial charge in [0.2, 0.25) is 0 Å². The number of para-hydroxylation sites is 1. The highest BCUT2D eigenvalue weighted by molar-refractivity contribution is 6.21. The molecule has 0 heterocycles. The highest BCUT2D eigenvalue weighted by Gasteiger charge is 2.37. The highest BCUT2D eigenvalue weighted by Crippen LogP contribution is 2.45. The van der Waals surface area contributed by atoms with E-state index in [4.69, 9.17) is 11.6 Å². The molecule has 0 saturated heterocycles. The van der Waals surface area contributed by atoms with E-state index in [0.717, 1.165) is 12.8 Å². The average molecular weight is 279 g/mol. The van der Waals surface area contributed by atoms with Gasteiger partial charge in [0.25, 0.3) is 0 Å². The average Bonchev–Trinajstić information content (AvgIpc) is 2.59. The van der Waals surface area contributed by atoms with Gasteiger partial charge >= 0.3 is 6.36 Å². The Morgan fingerprint density at radius 3 is 2.44 bits per heavy atom. The molecule has 100 valence electrons. The van der Waals surface area contributed by atoms with Crippen molar-refractivity contribution in [2.24, 2.45) is 5.92 Å². The fraction of sp³-hybridized carbons (Fsp3) is 0.538. The van der Waals surface area contributed by atoms with Gasteiger partial charge in [-0.3, -0.25) is 0 Å². The van der Waals surface area contributed by atoms with Gasteiger partial charge in [-0.15, -0.1) is 24.8 Å². The molecule has 1 aromatic rings. The van der Waals surface area contributed by atoms with Gasteiger partial charge in [0.05, 0.1) is 0 Å². The van der Waals surface area contributed by atoms with Gasteiger partial charge in [-0.05, 0) is 36.3 Å². The van der Waals surface area contributed by atoms with E-state index in [2.05, 4.69) is 4.74 Å². The van der Waals surface area contributed by atoms with Crippen molar-refractivity contribution in [2.45, 2.75) is 37.4 Å². The minimum atomic E-state index is -4.65. The first-order valence-electron chi connectivity index (χ1n) is 5.87. The van der Waals surface area contributed by atoms with E-state index in [1.807, 2.05) is 6.92 Å². The normalized spacial score (nSPS) is 28.4. The van der Waals surface area contributed by atoms with Gasteiger partial charge < -0.3 is 4.74 Å². The number of ether oxygens (including phenoxy) is 1. The minimum Gasteiger partial charge on any atom is -0.405 e. The molecule has 0 spiro atoms. The Balaban J connectivity index is 2.28. The largest absolute Gasteiger partial charge is 0.573 e. The van der Waals surface area contributed by atoms with Crippen LogP contribution in [0.4, 0.5) is 13.2 Å². The summed E-state index contributed by atoms with van der Waals surface area (Å²) in [6.45, 7) is 1.97. The maximum atomic E-state index is 12.3. The van der Waals surface area contributed by atoms with Crippen molar-refractivity contribution < 1.29 is 17.9 Å². The lowest BCUT2D eigenvalue weighted by Crippen LogP contribution is -2.19. The zero-order valence-electron chi connectivity index (χ0n) is 9.88. The summed E-state index contributed by atoms with van der Waals surface area (Å²) in [4.78, 5) is 0. The second-order valence-corrected chi connectivity index (χ2v) is 5.21. The van der Waals surface area contributed by atoms with Crippen molar-refractivity contribution in [3.8, 4) is 5.75 Å². The standard InChI is InChI=1S/C13H14ClF3O/c1-8-9(6-7-11(8)14)10-4-2-3-5-12(10)18-13(15,16)17/h2-5,8-9,11H,6-7H2,1H3. The van der Waals surface area contributed by atoms with Gasteiger partial charge in [0.1, 0.15) is 5.75 Å². The quantitative estimate of drug-likeness (QED) is 0.712. The molecule has 3 unspecified atom stereocenters. The molecule has 1 fully saturated rings. The molecule has 2 rings (SSSR count). The minimum absolute atomic E-state index is 0.0222. The van der Waals surface area contributed by atoms with Crippen LogP contribution in [0.1, 0.15) is 31.2 Å². The van der Waals surface area contributed by atoms with Crippen LogP contribution in [0.2, 0.25) is 0 Å². The molecule has 0 amide bonds. The van der Waals surface area contributed by atoms with Crippen molar-refractivity contribution in [3.63, 3.8) is 0 Å². The second-order valence-electron chi connectivity index (χ2n) is 4.64. The molecular formula is C13H14ClF3O. The highest BCUT2D eigenvalue weighted by atomic mass is 35.5. The summed E-state index contributed by atoms with van der Waals surface area (Å²) < 4.78 is 41.1. The molecule has 0 radical (unpaired) electrons. The Morgan fingerprint density at radius 1 is 1.22 bits per heavy atom. The number of rotatable bonds is 2. The van der Waals surface area contributed by atoms with Crippen LogP contribution in [0.25, 0.3) is 0 Å². The fourth-order valence-electron chi connectivity index (χ4n) is 2.56. The summed E-state index contributed by atoms with van der Waals surface area (Å²) in [5.41, 5.74) is 0.602. The zero-order chi connectivity index (χ0) is 13.3. The monoisotopic (exact) mass is 278 g/mol. The van der Waals surface area contributed by atoms with Crippen LogP contribution in [-0.4, -0.2) is 11.7 Å². The molecule has 1 saturated carbocycles. The summed E-state index contributed by atoms with van der Waals surface area (Å²) in [7, 11) is 0. The predicted molar refractivity (Wildman–Crippen MR) is 63.9 cm³/mol. The Bertz CT molecular complexity index is 419. The maximum absolute atomic E-state index is 12.3. The molecule has 1 nitrogen and oxygen atoms in total. The molecule has 1 aliphatic carbocycles. The predicted octanol–water partition coefficient (Wildman–Crippen LogP) is 4.71. The van der Waals surface area contributed by atoms with Crippen LogP contribution in [0.15, 0.2) is 24.3 Å². The molecule has 5 heteroatoms. The third-order valence-corrected chi connectivity index (χ3v) is 4.12. The topological polar surface area (TPSA) is 9.23 Å². The lowest BCUT2D eigenvalue weighted by atomic mass is 9.89. The van der Waals surface area contributed by atoms with E-state index in [-0.39, 0.29) is 23.0 Å². The number of hydrogen-bond donors (Lipinski definition) is 0. The Hall–Kier alpha value is -0.900. The number of benzene rings is 1. The van der Waals surface area contributed by atoms with E-state index in [0.29, 0.717) is 5.56 Å². The molecule has 0 bridgehead atoms. The lowest BCUT2D eigenvalue weighted by Gasteiger charge is -2.21. The van der Waals surface area contributed by atoms with Crippen LogP contribution < -0.4 is 4.74 Å². The zero-order valence-corrected chi connectivity index (χ0v) is 10.6. The summed E-state index contributed by atoms with van der Waals surface area (Å²) in [6.07, 6.45) is -3.03. The summed E-state index contributed by atoms with van der Waals surface area (Å²) in [6, 6.07) is 6.32. The number of halogens is 4. The SMILES string of the molecule is CC1C(Cl)CCC1c1ccccc1OC(F)(F)F. The first-order valence-corrected chi connectivity index (χ1v) is 6.31. The van der Waals surface area contributed by atoms with Crippen LogP contribution in [0, 0.1) is 5.92 Å². The van der Waals surface area contributed by atoms with Crippen molar-refractivity contribution in [2.75, 3.05) is 0 Å². The van der Waals surface area contributed by atoms with E-state index in [1.54, 1.807) is 18.2 Å². The fourth-order valence-corrected chi connectivity index (χ4v) is 2.86. The molecule has 0 N–H and O–H groups in total. The van der Waals surface area contributed by atoms with Gasteiger partial charge in [-0.25, -0.2) is 0 Å². The lowest BCUT2D eigenvalue weighted by molar-refractivity contribution is -0.275. The molecule has 0 aliphatic heterocycles. The van der Waals surface area contributed by atoms with E-state index in [9.17, 15) is 13.2 Å². The van der Waals surface area contributed by atoms with E-state index in [1.165, 1.54) is 6.07 Å². The van der Waals surface area contributed by atoms with Gasteiger partial charge in [-0.2, -0.15) is 0 Å². The van der Waals surface area contributed by atoms with Crippen molar-refractivity contribution >= 4 is 11.6 Å². The first kappa shape index (κ1) is 13.5. The Kier molecular flexibility index (Phi) is 3.76. The number of alkyl halides is 4. The van der Waals surface area contributed by atoms with Gasteiger partial charge in [0, 0.05) is 5.38 Å². The van der Waals surface area contributed by atoms with Crippen molar-refractivity contribution in [1.29, 1.82) is 0 Å². The first-order chi connectivity index (χ1) is 8.38. The van der Waals surface area contributed by atoms with Crippen LogP contribution in [-0.2, 0) is 0 Å². The summed E-state index contributed by atoms with van der Waals surface area (Å²) in [5.74, 6) is 0.0864. The van der Waals surface area contributed by atoms with Gasteiger partial charge in [-0.1, -0.05) is 25.1 Å². The molecule has 1 aromatic carbocycles. The molecule has 1 aliphatic rings. The maximum Gasteiger partial charge on any atom is 0.573 e. The summed E-state index contributed by atoms with van der Waals surface area (Å²) >= 11 is 6.13. The van der Waals surface area contributed by atoms with E-state index < -0.39 is 6.36 Å². The van der Waals surface area contributed by atoms with Crippen molar-refractivity contribution in [3.05, 3.63) is 29.8 Å². The van der Waals surface area contributed by atoms with Gasteiger partial charge in [0.15, 0.2) is 0 Å². The van der Waals surface area contributed by atoms with Crippen LogP contribution >= 0.6 is 11.6 Å². The second kappa shape index (κ2) is 5.00. The molecule has 0 aromatic heterocycles. The van der Waals surface area contributed by atoms with Crippen LogP contribution in [0.3, 0.4) is 0 Å². The van der Waals surface area contributed by atoms with Crippen molar-refractivity contribution in [1.82, 2.24) is 0 Å². The van der Waals surface area contributed by atoms with E-state index >= 15 is 0 Å².